The molecule has 2 aromatic heterocycles. The Bertz CT molecular complexity index is 741. The van der Waals surface area contributed by atoms with Gasteiger partial charge < -0.3 is 10.3 Å². The fourth-order valence-corrected chi connectivity index (χ4v) is 3.13. The number of thiazole rings is 1. The van der Waals surface area contributed by atoms with Crippen molar-refractivity contribution in [1.29, 1.82) is 0 Å². The van der Waals surface area contributed by atoms with Crippen LogP contribution in [0.2, 0.25) is 0 Å². The summed E-state index contributed by atoms with van der Waals surface area (Å²) >= 11 is 1.70. The van der Waals surface area contributed by atoms with E-state index in [1.807, 2.05) is 10.8 Å². The molecule has 0 amide bonds. The summed E-state index contributed by atoms with van der Waals surface area (Å²) in [7, 11) is 0. The van der Waals surface area contributed by atoms with Crippen molar-refractivity contribution in [1.82, 2.24) is 14.5 Å². The Morgan fingerprint density at radius 1 is 1.32 bits per heavy atom. The number of imidazole rings is 1. The Kier molecular flexibility index (Phi) is 2.78. The van der Waals surface area contributed by atoms with Gasteiger partial charge >= 0.3 is 0 Å². The number of rotatable bonds is 2. The first-order chi connectivity index (χ1) is 9.06. The maximum Gasteiger partial charge on any atom is 0.201 e. The highest BCUT2D eigenvalue weighted by Gasteiger charge is 2.17. The SMILES string of the molecule is Cc1ccc2c(c1)nc(N)n2C(C)c1ncc(C)s1. The Hall–Kier alpha value is -1.88. The molecule has 0 saturated heterocycles. The fourth-order valence-electron chi connectivity index (χ4n) is 2.31. The first kappa shape index (κ1) is 12.2. The Morgan fingerprint density at radius 2 is 2.11 bits per heavy atom. The predicted molar refractivity (Wildman–Crippen MR) is 79.5 cm³/mol. The van der Waals surface area contributed by atoms with Gasteiger partial charge in [-0.2, -0.15) is 0 Å². The molecule has 3 aromatic rings. The number of hydrogen-bond donors (Lipinski definition) is 1. The number of anilines is 1. The molecule has 98 valence electrons. The molecule has 19 heavy (non-hydrogen) atoms. The first-order valence-corrected chi connectivity index (χ1v) is 7.04. The van der Waals surface area contributed by atoms with Gasteiger partial charge in [0.2, 0.25) is 5.95 Å². The van der Waals surface area contributed by atoms with Crippen LogP contribution in [0, 0.1) is 13.8 Å². The zero-order valence-electron chi connectivity index (χ0n) is 11.2. The summed E-state index contributed by atoms with van der Waals surface area (Å²) < 4.78 is 2.05. The van der Waals surface area contributed by atoms with Gasteiger partial charge in [0.15, 0.2) is 0 Å². The number of nitrogen functional groups attached to an aromatic ring is 1. The zero-order valence-corrected chi connectivity index (χ0v) is 12.0. The second kappa shape index (κ2) is 4.35. The van der Waals surface area contributed by atoms with Crippen molar-refractivity contribution in [3.05, 3.63) is 39.8 Å². The highest BCUT2D eigenvalue weighted by atomic mass is 32.1. The number of nitrogens with zero attached hydrogens (tertiary/aromatic N) is 3. The van der Waals surface area contributed by atoms with Crippen LogP contribution < -0.4 is 5.73 Å². The maximum absolute atomic E-state index is 6.08. The maximum atomic E-state index is 6.08. The molecular weight excluding hydrogens is 256 g/mol. The Labute approximate surface area is 115 Å². The molecule has 0 bridgehead atoms. The number of hydrogen-bond acceptors (Lipinski definition) is 4. The van der Waals surface area contributed by atoms with E-state index >= 15 is 0 Å². The van der Waals surface area contributed by atoms with E-state index in [9.17, 15) is 0 Å². The van der Waals surface area contributed by atoms with Crippen LogP contribution in [0.5, 0.6) is 0 Å². The normalized spacial score (nSPS) is 13.0. The quantitative estimate of drug-likeness (QED) is 0.778. The number of aromatic nitrogens is 3. The lowest BCUT2D eigenvalue weighted by molar-refractivity contribution is 0.662. The van der Waals surface area contributed by atoms with E-state index in [1.54, 1.807) is 11.3 Å². The summed E-state index contributed by atoms with van der Waals surface area (Å²) in [5.41, 5.74) is 9.27. The van der Waals surface area contributed by atoms with Crippen molar-refractivity contribution >= 4 is 28.3 Å². The highest BCUT2D eigenvalue weighted by molar-refractivity contribution is 7.11. The number of nitrogens with two attached hydrogens (primary N) is 1. The van der Waals surface area contributed by atoms with Crippen molar-refractivity contribution in [2.45, 2.75) is 26.8 Å². The molecule has 0 saturated carbocycles. The van der Waals surface area contributed by atoms with Crippen molar-refractivity contribution in [3.63, 3.8) is 0 Å². The van der Waals surface area contributed by atoms with Crippen LogP contribution in [-0.2, 0) is 0 Å². The van der Waals surface area contributed by atoms with Gasteiger partial charge in [-0.1, -0.05) is 6.07 Å². The van der Waals surface area contributed by atoms with E-state index in [4.69, 9.17) is 5.73 Å². The summed E-state index contributed by atoms with van der Waals surface area (Å²) in [6.07, 6.45) is 1.90. The van der Waals surface area contributed by atoms with E-state index in [-0.39, 0.29) is 6.04 Å². The molecule has 3 rings (SSSR count). The smallest absolute Gasteiger partial charge is 0.201 e. The average Bonchev–Trinajstić information content (AvgIpc) is 2.91. The van der Waals surface area contributed by atoms with Crippen LogP contribution in [0.4, 0.5) is 5.95 Å². The topological polar surface area (TPSA) is 56.7 Å². The third-order valence-electron chi connectivity index (χ3n) is 3.26. The molecule has 0 aliphatic heterocycles. The summed E-state index contributed by atoms with van der Waals surface area (Å²) in [5.74, 6) is 0.543. The lowest BCUT2D eigenvalue weighted by Gasteiger charge is -2.13. The molecular formula is C14H16N4S. The number of fused-ring (bicyclic) bond motifs is 1. The number of benzene rings is 1. The number of aryl methyl sites for hydroxylation is 2. The largest absolute Gasteiger partial charge is 0.369 e. The van der Waals surface area contributed by atoms with E-state index in [1.165, 1.54) is 10.4 Å². The van der Waals surface area contributed by atoms with Gasteiger partial charge in [-0.05, 0) is 38.5 Å². The molecule has 0 fully saturated rings. The van der Waals surface area contributed by atoms with Gasteiger partial charge in [0, 0.05) is 11.1 Å². The summed E-state index contributed by atoms with van der Waals surface area (Å²) in [4.78, 5) is 10.1. The van der Waals surface area contributed by atoms with Crippen LogP contribution in [-0.4, -0.2) is 14.5 Å². The molecule has 1 unspecified atom stereocenters. The molecule has 5 heteroatoms. The molecule has 0 aliphatic rings. The molecule has 0 aliphatic carbocycles. The van der Waals surface area contributed by atoms with Crippen LogP contribution in [0.3, 0.4) is 0 Å². The molecule has 2 heterocycles. The lowest BCUT2D eigenvalue weighted by Crippen LogP contribution is -2.09. The second-order valence-electron chi connectivity index (χ2n) is 4.82. The summed E-state index contributed by atoms with van der Waals surface area (Å²) in [6.45, 7) is 6.23. The van der Waals surface area contributed by atoms with E-state index in [0.29, 0.717) is 5.95 Å². The summed E-state index contributed by atoms with van der Waals surface area (Å²) in [6, 6.07) is 6.32. The Balaban J connectivity index is 2.16. The van der Waals surface area contributed by atoms with Gasteiger partial charge in [0.05, 0.1) is 17.1 Å². The van der Waals surface area contributed by atoms with E-state index in [0.717, 1.165) is 16.0 Å². The minimum absolute atomic E-state index is 0.103. The summed E-state index contributed by atoms with van der Waals surface area (Å²) in [5, 5.41) is 1.06. The minimum Gasteiger partial charge on any atom is -0.369 e. The first-order valence-electron chi connectivity index (χ1n) is 6.22. The fraction of sp³-hybridized carbons (Fsp3) is 0.286. The van der Waals surface area contributed by atoms with Gasteiger partial charge in [-0.15, -0.1) is 11.3 Å². The predicted octanol–water partition coefficient (Wildman–Crippen LogP) is 3.30. The molecule has 1 atom stereocenters. The monoisotopic (exact) mass is 272 g/mol. The van der Waals surface area contributed by atoms with Crippen LogP contribution in [0.1, 0.15) is 28.4 Å². The Morgan fingerprint density at radius 3 is 2.79 bits per heavy atom. The zero-order chi connectivity index (χ0) is 13.6. The van der Waals surface area contributed by atoms with Crippen LogP contribution in [0.25, 0.3) is 11.0 Å². The molecule has 1 aromatic carbocycles. The third-order valence-corrected chi connectivity index (χ3v) is 4.34. The van der Waals surface area contributed by atoms with Gasteiger partial charge in [-0.25, -0.2) is 9.97 Å². The highest BCUT2D eigenvalue weighted by Crippen LogP contribution is 2.29. The lowest BCUT2D eigenvalue weighted by atomic mass is 10.2. The van der Waals surface area contributed by atoms with Crippen LogP contribution in [0.15, 0.2) is 24.4 Å². The average molecular weight is 272 g/mol. The second-order valence-corrected chi connectivity index (χ2v) is 6.08. The molecule has 4 nitrogen and oxygen atoms in total. The van der Waals surface area contributed by atoms with E-state index in [2.05, 4.69) is 48.9 Å². The van der Waals surface area contributed by atoms with Gasteiger partial charge in [0.1, 0.15) is 5.01 Å². The van der Waals surface area contributed by atoms with Crippen LogP contribution >= 0.6 is 11.3 Å². The standard InChI is InChI=1S/C14H16N4S/c1-8-4-5-12-11(6-8)17-14(15)18(12)10(3)13-16-7-9(2)19-13/h4-7,10H,1-3H3,(H2,15,17). The van der Waals surface area contributed by atoms with E-state index < -0.39 is 0 Å². The van der Waals surface area contributed by atoms with Crippen molar-refractivity contribution in [2.75, 3.05) is 5.73 Å². The minimum atomic E-state index is 0.103. The van der Waals surface area contributed by atoms with Crippen molar-refractivity contribution < 1.29 is 0 Å². The molecule has 2 N–H and O–H groups in total. The van der Waals surface area contributed by atoms with Crippen molar-refractivity contribution in [3.8, 4) is 0 Å². The van der Waals surface area contributed by atoms with Gasteiger partial charge in [-0.3, -0.25) is 0 Å². The molecule has 0 spiro atoms. The van der Waals surface area contributed by atoms with Crippen molar-refractivity contribution in [2.24, 2.45) is 0 Å². The third kappa shape index (κ3) is 2.00. The van der Waals surface area contributed by atoms with Gasteiger partial charge in [0.25, 0.3) is 0 Å². The molecule has 0 radical (unpaired) electrons.